The topological polar surface area (TPSA) is 49.3 Å². The molecule has 0 bridgehead atoms. The zero-order valence-corrected chi connectivity index (χ0v) is 9.74. The highest BCUT2D eigenvalue weighted by Gasteiger charge is 2.29. The number of anilines is 1. The van der Waals surface area contributed by atoms with Crippen molar-refractivity contribution in [2.75, 3.05) is 5.32 Å². The van der Waals surface area contributed by atoms with Gasteiger partial charge in [0.2, 0.25) is 0 Å². The Labute approximate surface area is 99.7 Å². The summed E-state index contributed by atoms with van der Waals surface area (Å²) >= 11 is 0. The monoisotopic (exact) mass is 237 g/mol. The Bertz CT molecular complexity index is 429. The molecule has 0 radical (unpaired) electrons. The summed E-state index contributed by atoms with van der Waals surface area (Å²) in [4.78, 5) is 10.8. The number of hydrogen-bond acceptors (Lipinski definition) is 2. The predicted octanol–water partition coefficient (Wildman–Crippen LogP) is 3.12. The fourth-order valence-electron chi connectivity index (χ4n) is 2.04. The van der Waals surface area contributed by atoms with Crippen LogP contribution in [-0.2, 0) is 0 Å². The van der Waals surface area contributed by atoms with Crippen LogP contribution in [-0.4, -0.2) is 17.1 Å². The highest BCUT2D eigenvalue weighted by molar-refractivity contribution is 5.89. The average Bonchev–Trinajstić information content (AvgIpc) is 3.11. The van der Waals surface area contributed by atoms with E-state index in [2.05, 4.69) is 12.2 Å². The summed E-state index contributed by atoms with van der Waals surface area (Å²) in [5, 5.41) is 12.1. The van der Waals surface area contributed by atoms with E-state index in [1.54, 1.807) is 6.07 Å². The van der Waals surface area contributed by atoms with Gasteiger partial charge in [-0.3, -0.25) is 0 Å². The van der Waals surface area contributed by atoms with Gasteiger partial charge in [0, 0.05) is 11.7 Å². The first kappa shape index (κ1) is 11.9. The Morgan fingerprint density at radius 3 is 2.82 bits per heavy atom. The molecule has 1 fully saturated rings. The number of carbonyl (C=O) groups is 1. The van der Waals surface area contributed by atoms with Crippen molar-refractivity contribution in [2.24, 2.45) is 5.92 Å². The van der Waals surface area contributed by atoms with Crippen LogP contribution in [0.15, 0.2) is 18.2 Å². The average molecular weight is 237 g/mol. The second-order valence-electron chi connectivity index (χ2n) is 4.50. The Hall–Kier alpha value is -1.58. The molecule has 3 nitrogen and oxygen atoms in total. The summed E-state index contributed by atoms with van der Waals surface area (Å²) in [5.74, 6) is -1.24. The number of carboxylic acids is 1. The summed E-state index contributed by atoms with van der Waals surface area (Å²) in [6, 6.07) is 4.52. The Balaban J connectivity index is 2.15. The molecule has 0 aliphatic heterocycles. The number of nitrogens with one attached hydrogen (secondary N) is 1. The molecule has 1 aromatic carbocycles. The van der Waals surface area contributed by atoms with Gasteiger partial charge in [-0.1, -0.05) is 6.92 Å². The third kappa shape index (κ3) is 2.75. The van der Waals surface area contributed by atoms with Crippen LogP contribution >= 0.6 is 0 Å². The van der Waals surface area contributed by atoms with E-state index in [-0.39, 0.29) is 5.56 Å². The molecule has 92 valence electrons. The van der Waals surface area contributed by atoms with Crippen molar-refractivity contribution < 1.29 is 14.3 Å². The minimum Gasteiger partial charge on any atom is -0.478 e. The third-order valence-electron chi connectivity index (χ3n) is 3.18. The van der Waals surface area contributed by atoms with Gasteiger partial charge in [0.05, 0.1) is 5.56 Å². The third-order valence-corrected chi connectivity index (χ3v) is 3.18. The predicted molar refractivity (Wildman–Crippen MR) is 63.8 cm³/mol. The summed E-state index contributed by atoms with van der Waals surface area (Å²) in [5.41, 5.74) is 0.406. The second-order valence-corrected chi connectivity index (χ2v) is 4.50. The summed E-state index contributed by atoms with van der Waals surface area (Å²) in [6.45, 7) is 2.09. The lowest BCUT2D eigenvalue weighted by atomic mass is 10.1. The minimum atomic E-state index is -1.23. The van der Waals surface area contributed by atoms with Crippen molar-refractivity contribution in [3.63, 3.8) is 0 Å². The molecule has 1 aliphatic rings. The Kier molecular flexibility index (Phi) is 3.31. The van der Waals surface area contributed by atoms with E-state index in [9.17, 15) is 9.18 Å². The van der Waals surface area contributed by atoms with Crippen LogP contribution in [0.3, 0.4) is 0 Å². The van der Waals surface area contributed by atoms with Gasteiger partial charge in [-0.25, -0.2) is 9.18 Å². The normalized spacial score (nSPS) is 16.6. The SMILES string of the molecule is CCC(Nc1ccc(F)c(C(=O)O)c1)C1CC1. The first-order valence-corrected chi connectivity index (χ1v) is 5.91. The van der Waals surface area contributed by atoms with Gasteiger partial charge >= 0.3 is 5.97 Å². The van der Waals surface area contributed by atoms with E-state index in [0.717, 1.165) is 6.42 Å². The lowest BCUT2D eigenvalue weighted by Crippen LogP contribution is -2.20. The number of hydrogen-bond donors (Lipinski definition) is 2. The van der Waals surface area contributed by atoms with Crippen molar-refractivity contribution in [3.05, 3.63) is 29.6 Å². The number of benzene rings is 1. The summed E-state index contributed by atoms with van der Waals surface area (Å²) < 4.78 is 13.2. The van der Waals surface area contributed by atoms with Gasteiger partial charge in [-0.2, -0.15) is 0 Å². The number of rotatable bonds is 5. The van der Waals surface area contributed by atoms with Gasteiger partial charge in [0.1, 0.15) is 5.82 Å². The molecule has 0 heterocycles. The molecule has 2 rings (SSSR count). The molecular formula is C13H16FNO2. The zero-order chi connectivity index (χ0) is 12.4. The van der Waals surface area contributed by atoms with Gasteiger partial charge in [0.25, 0.3) is 0 Å². The van der Waals surface area contributed by atoms with Gasteiger partial charge in [-0.05, 0) is 43.4 Å². The van der Waals surface area contributed by atoms with Crippen LogP contribution in [0.4, 0.5) is 10.1 Å². The lowest BCUT2D eigenvalue weighted by Gasteiger charge is -2.17. The molecule has 0 amide bonds. The van der Waals surface area contributed by atoms with Crippen LogP contribution in [0.1, 0.15) is 36.5 Å². The van der Waals surface area contributed by atoms with Crippen LogP contribution in [0.2, 0.25) is 0 Å². The molecule has 1 aliphatic carbocycles. The first-order valence-electron chi connectivity index (χ1n) is 5.91. The lowest BCUT2D eigenvalue weighted by molar-refractivity contribution is 0.0692. The molecule has 1 atom stereocenters. The van der Waals surface area contributed by atoms with Gasteiger partial charge in [0.15, 0.2) is 0 Å². The van der Waals surface area contributed by atoms with E-state index in [0.29, 0.717) is 17.6 Å². The maximum Gasteiger partial charge on any atom is 0.338 e. The fraction of sp³-hybridized carbons (Fsp3) is 0.462. The minimum absolute atomic E-state index is 0.277. The van der Waals surface area contributed by atoms with Crippen molar-refractivity contribution >= 4 is 11.7 Å². The Morgan fingerprint density at radius 1 is 1.59 bits per heavy atom. The molecule has 1 saturated carbocycles. The molecule has 0 spiro atoms. The van der Waals surface area contributed by atoms with Crippen LogP contribution in [0.5, 0.6) is 0 Å². The molecule has 1 aromatic rings. The van der Waals surface area contributed by atoms with Crippen molar-refractivity contribution in [1.82, 2.24) is 0 Å². The van der Waals surface area contributed by atoms with Gasteiger partial charge in [-0.15, -0.1) is 0 Å². The molecule has 0 aromatic heterocycles. The molecule has 0 saturated heterocycles. The van der Waals surface area contributed by atoms with Crippen LogP contribution in [0, 0.1) is 11.7 Å². The maximum atomic E-state index is 13.2. The van der Waals surface area contributed by atoms with E-state index in [1.807, 2.05) is 0 Å². The van der Waals surface area contributed by atoms with Gasteiger partial charge < -0.3 is 10.4 Å². The Morgan fingerprint density at radius 2 is 2.29 bits per heavy atom. The van der Waals surface area contributed by atoms with E-state index in [1.165, 1.54) is 25.0 Å². The van der Waals surface area contributed by atoms with E-state index < -0.39 is 11.8 Å². The molecule has 2 N–H and O–H groups in total. The zero-order valence-electron chi connectivity index (χ0n) is 9.74. The smallest absolute Gasteiger partial charge is 0.338 e. The highest BCUT2D eigenvalue weighted by Crippen LogP contribution is 2.35. The highest BCUT2D eigenvalue weighted by atomic mass is 19.1. The van der Waals surface area contributed by atoms with Crippen LogP contribution in [0.25, 0.3) is 0 Å². The van der Waals surface area contributed by atoms with Crippen molar-refractivity contribution in [3.8, 4) is 0 Å². The van der Waals surface area contributed by atoms with Crippen molar-refractivity contribution in [2.45, 2.75) is 32.2 Å². The maximum absolute atomic E-state index is 13.2. The summed E-state index contributed by atoms with van der Waals surface area (Å²) in [7, 11) is 0. The number of aromatic carboxylic acids is 1. The second kappa shape index (κ2) is 4.73. The molecule has 1 unspecified atom stereocenters. The van der Waals surface area contributed by atoms with E-state index >= 15 is 0 Å². The fourth-order valence-corrected chi connectivity index (χ4v) is 2.04. The number of halogens is 1. The largest absolute Gasteiger partial charge is 0.478 e. The molecule has 17 heavy (non-hydrogen) atoms. The van der Waals surface area contributed by atoms with Crippen molar-refractivity contribution in [1.29, 1.82) is 0 Å². The molecular weight excluding hydrogens is 221 g/mol. The summed E-state index contributed by atoms with van der Waals surface area (Å²) in [6.07, 6.45) is 3.43. The standard InChI is InChI=1S/C13H16FNO2/c1-2-12(8-3-4-8)15-9-5-6-11(14)10(7-9)13(16)17/h5-8,12,15H,2-4H2,1H3,(H,16,17). The number of carboxylic acid groups (broad SMARTS) is 1. The molecule has 4 heteroatoms. The quantitative estimate of drug-likeness (QED) is 0.827. The van der Waals surface area contributed by atoms with Crippen LogP contribution < -0.4 is 5.32 Å². The van der Waals surface area contributed by atoms with E-state index in [4.69, 9.17) is 5.11 Å². The first-order chi connectivity index (χ1) is 8.11.